The van der Waals surface area contributed by atoms with Crippen molar-refractivity contribution in [1.82, 2.24) is 4.57 Å². The maximum absolute atomic E-state index is 11.9. The van der Waals surface area contributed by atoms with Gasteiger partial charge in [-0.2, -0.15) is 0 Å². The molecular formula is C16H22N2O2. The van der Waals surface area contributed by atoms with Gasteiger partial charge in [-0.1, -0.05) is 11.6 Å². The van der Waals surface area contributed by atoms with Crippen molar-refractivity contribution in [3.05, 3.63) is 35.5 Å². The van der Waals surface area contributed by atoms with Crippen LogP contribution in [0.4, 0.5) is 0 Å². The van der Waals surface area contributed by atoms with Crippen LogP contribution in [0, 0.1) is 6.92 Å². The number of nitrogens with zero attached hydrogens (tertiary/aromatic N) is 1. The Balaban J connectivity index is 2.57. The van der Waals surface area contributed by atoms with E-state index in [0.29, 0.717) is 12.6 Å². The van der Waals surface area contributed by atoms with Crippen LogP contribution in [-0.4, -0.2) is 17.1 Å². The van der Waals surface area contributed by atoms with Crippen molar-refractivity contribution in [3.8, 4) is 0 Å². The molecule has 1 aromatic heterocycles. The van der Waals surface area contributed by atoms with E-state index in [9.17, 15) is 4.79 Å². The van der Waals surface area contributed by atoms with Crippen LogP contribution in [0.5, 0.6) is 0 Å². The molecule has 0 fully saturated rings. The number of aromatic nitrogens is 1. The first-order chi connectivity index (χ1) is 9.45. The summed E-state index contributed by atoms with van der Waals surface area (Å²) in [5.74, 6) is -0.378. The summed E-state index contributed by atoms with van der Waals surface area (Å²) >= 11 is 0. The number of carbonyl (C=O) groups excluding carboxylic acids is 1. The summed E-state index contributed by atoms with van der Waals surface area (Å²) in [6.45, 7) is 8.38. The summed E-state index contributed by atoms with van der Waals surface area (Å²) in [4.78, 5) is 11.9. The topological polar surface area (TPSA) is 57.2 Å². The second-order valence-electron chi connectivity index (χ2n) is 5.34. The Bertz CT molecular complexity index is 629. The minimum Gasteiger partial charge on any atom is -0.465 e. The van der Waals surface area contributed by atoms with E-state index >= 15 is 0 Å². The number of hydrogen-bond acceptors (Lipinski definition) is 3. The summed E-state index contributed by atoms with van der Waals surface area (Å²) < 4.78 is 7.18. The zero-order chi connectivity index (χ0) is 14.9. The van der Waals surface area contributed by atoms with Gasteiger partial charge in [0.15, 0.2) is 0 Å². The lowest BCUT2D eigenvalue weighted by molar-refractivity contribution is -0.144. The molecule has 20 heavy (non-hydrogen) atoms. The van der Waals surface area contributed by atoms with Crippen LogP contribution in [0.25, 0.3) is 10.9 Å². The molecule has 4 heteroatoms. The highest BCUT2D eigenvalue weighted by atomic mass is 16.5. The number of esters is 1. The highest BCUT2D eigenvalue weighted by molar-refractivity contribution is 5.90. The number of benzene rings is 1. The molecule has 0 spiro atoms. The van der Waals surface area contributed by atoms with E-state index in [4.69, 9.17) is 10.5 Å². The second kappa shape index (κ2) is 5.67. The lowest BCUT2D eigenvalue weighted by atomic mass is 10.1. The van der Waals surface area contributed by atoms with E-state index in [-0.39, 0.29) is 5.97 Å². The van der Waals surface area contributed by atoms with Gasteiger partial charge in [0.25, 0.3) is 0 Å². The van der Waals surface area contributed by atoms with E-state index in [1.807, 2.05) is 13.1 Å². The van der Waals surface area contributed by atoms with Crippen LogP contribution in [-0.2, 0) is 9.53 Å². The standard InChI is InChI=1S/C16H22N2O2/c1-5-20-16(19)15(17)13-9-18(10(2)3)14-7-6-11(4)8-12(13)14/h6-10,15H,5,17H2,1-4H3. The first-order valence-corrected chi connectivity index (χ1v) is 6.99. The molecule has 4 nitrogen and oxygen atoms in total. The molecule has 0 radical (unpaired) electrons. The summed E-state index contributed by atoms with van der Waals surface area (Å²) in [5.41, 5.74) is 9.14. The van der Waals surface area contributed by atoms with Crippen LogP contribution in [0.1, 0.15) is 44.0 Å². The molecular weight excluding hydrogens is 252 g/mol. The number of rotatable bonds is 4. The summed E-state index contributed by atoms with van der Waals surface area (Å²) in [6.07, 6.45) is 1.97. The minimum atomic E-state index is -0.737. The van der Waals surface area contributed by atoms with Gasteiger partial charge in [0.2, 0.25) is 0 Å². The number of fused-ring (bicyclic) bond motifs is 1. The molecule has 0 aliphatic heterocycles. The molecule has 0 saturated heterocycles. The Kier molecular flexibility index (Phi) is 4.14. The maximum atomic E-state index is 11.9. The molecule has 108 valence electrons. The lowest BCUT2D eigenvalue weighted by Gasteiger charge is -2.10. The Morgan fingerprint density at radius 1 is 1.40 bits per heavy atom. The number of hydrogen-bond donors (Lipinski definition) is 1. The van der Waals surface area contributed by atoms with Crippen molar-refractivity contribution in [1.29, 1.82) is 0 Å². The first-order valence-electron chi connectivity index (χ1n) is 6.99. The first kappa shape index (κ1) is 14.6. The molecule has 0 bridgehead atoms. The third-order valence-corrected chi connectivity index (χ3v) is 3.45. The summed E-state index contributed by atoms with van der Waals surface area (Å²) in [6, 6.07) is 5.79. The maximum Gasteiger partial charge on any atom is 0.327 e. The highest BCUT2D eigenvalue weighted by Crippen LogP contribution is 2.29. The van der Waals surface area contributed by atoms with Crippen molar-refractivity contribution in [2.75, 3.05) is 6.61 Å². The molecule has 1 unspecified atom stereocenters. The monoisotopic (exact) mass is 274 g/mol. The van der Waals surface area contributed by atoms with Gasteiger partial charge in [0.1, 0.15) is 6.04 Å². The Labute approximate surface area is 119 Å². The van der Waals surface area contributed by atoms with Crippen molar-refractivity contribution < 1.29 is 9.53 Å². The summed E-state index contributed by atoms with van der Waals surface area (Å²) in [5, 5.41) is 1.03. The van der Waals surface area contributed by atoms with Gasteiger partial charge in [-0.3, -0.25) is 0 Å². The molecule has 0 saturated carbocycles. The van der Waals surface area contributed by atoms with Crippen molar-refractivity contribution >= 4 is 16.9 Å². The SMILES string of the molecule is CCOC(=O)C(N)c1cn(C(C)C)c2ccc(C)cc12. The van der Waals surface area contributed by atoms with Gasteiger partial charge in [-0.25, -0.2) is 4.79 Å². The average Bonchev–Trinajstić information content (AvgIpc) is 2.76. The van der Waals surface area contributed by atoms with Crippen LogP contribution < -0.4 is 5.73 Å². The van der Waals surface area contributed by atoms with Crippen LogP contribution in [0.2, 0.25) is 0 Å². The van der Waals surface area contributed by atoms with Crippen LogP contribution in [0.15, 0.2) is 24.4 Å². The highest BCUT2D eigenvalue weighted by Gasteiger charge is 2.22. The van der Waals surface area contributed by atoms with E-state index in [1.54, 1.807) is 6.92 Å². The zero-order valence-electron chi connectivity index (χ0n) is 12.5. The molecule has 1 atom stereocenters. The molecule has 0 aliphatic rings. The van der Waals surface area contributed by atoms with Gasteiger partial charge >= 0.3 is 5.97 Å². The number of aryl methyl sites for hydroxylation is 1. The van der Waals surface area contributed by atoms with E-state index in [1.165, 1.54) is 0 Å². The molecule has 2 aromatic rings. The summed E-state index contributed by atoms with van der Waals surface area (Å²) in [7, 11) is 0. The van der Waals surface area contributed by atoms with Gasteiger partial charge < -0.3 is 15.0 Å². The smallest absolute Gasteiger partial charge is 0.327 e. The van der Waals surface area contributed by atoms with E-state index in [0.717, 1.165) is 22.0 Å². The molecule has 2 rings (SSSR count). The third-order valence-electron chi connectivity index (χ3n) is 3.45. The minimum absolute atomic E-state index is 0.309. The third kappa shape index (κ3) is 2.56. The van der Waals surface area contributed by atoms with E-state index < -0.39 is 6.04 Å². The fraction of sp³-hybridized carbons (Fsp3) is 0.438. The van der Waals surface area contributed by atoms with Crippen LogP contribution >= 0.6 is 0 Å². The predicted octanol–water partition coefficient (Wildman–Crippen LogP) is 3.09. The Morgan fingerprint density at radius 3 is 2.70 bits per heavy atom. The number of nitrogens with two attached hydrogens (primary N) is 1. The van der Waals surface area contributed by atoms with Crippen molar-refractivity contribution in [2.45, 2.75) is 39.8 Å². The number of carbonyl (C=O) groups is 1. The fourth-order valence-corrected chi connectivity index (χ4v) is 2.43. The largest absolute Gasteiger partial charge is 0.465 e. The van der Waals surface area contributed by atoms with Crippen molar-refractivity contribution in [2.24, 2.45) is 5.73 Å². The molecule has 2 N–H and O–H groups in total. The molecule has 1 heterocycles. The average molecular weight is 274 g/mol. The molecule has 0 aliphatic carbocycles. The van der Waals surface area contributed by atoms with Gasteiger partial charge in [0, 0.05) is 28.7 Å². The zero-order valence-corrected chi connectivity index (χ0v) is 12.5. The quantitative estimate of drug-likeness (QED) is 0.872. The van der Waals surface area contributed by atoms with Crippen LogP contribution in [0.3, 0.4) is 0 Å². The second-order valence-corrected chi connectivity index (χ2v) is 5.34. The molecule has 0 amide bonds. The van der Waals surface area contributed by atoms with Gasteiger partial charge in [-0.15, -0.1) is 0 Å². The number of ether oxygens (including phenoxy) is 1. The Hall–Kier alpha value is -1.81. The molecule has 1 aromatic carbocycles. The van der Waals surface area contributed by atoms with Crippen molar-refractivity contribution in [3.63, 3.8) is 0 Å². The lowest BCUT2D eigenvalue weighted by Crippen LogP contribution is -2.23. The van der Waals surface area contributed by atoms with Gasteiger partial charge in [0.05, 0.1) is 6.61 Å². The normalized spacial score (nSPS) is 12.9. The predicted molar refractivity (Wildman–Crippen MR) is 80.6 cm³/mol. The fourth-order valence-electron chi connectivity index (χ4n) is 2.43. The van der Waals surface area contributed by atoms with E-state index in [2.05, 4.69) is 36.6 Å². The Morgan fingerprint density at radius 2 is 2.10 bits per heavy atom. The van der Waals surface area contributed by atoms with Gasteiger partial charge in [-0.05, 0) is 39.8 Å².